The van der Waals surface area contributed by atoms with Crippen LogP contribution in [0.15, 0.2) is 30.3 Å². The Labute approximate surface area is 117 Å². The van der Waals surface area contributed by atoms with Crippen molar-refractivity contribution in [2.75, 3.05) is 11.4 Å². The maximum Gasteiger partial charge on any atom is 0.319 e. The van der Waals surface area contributed by atoms with Crippen molar-refractivity contribution < 1.29 is 14.7 Å². The molecule has 0 heterocycles. The van der Waals surface area contributed by atoms with Crippen LogP contribution < -0.4 is 4.90 Å². The van der Waals surface area contributed by atoms with Gasteiger partial charge in [-0.15, -0.1) is 0 Å². The molecule has 1 amide bonds. The molecule has 0 unspecified atom stereocenters. The molecule has 1 aliphatic carbocycles. The number of amides is 1. The minimum Gasteiger partial charge on any atom is -0.480 e. The van der Waals surface area contributed by atoms with Crippen molar-refractivity contribution in [3.8, 4) is 6.07 Å². The largest absolute Gasteiger partial charge is 0.480 e. The number of nitriles is 1. The van der Waals surface area contributed by atoms with Gasteiger partial charge in [0.25, 0.3) is 0 Å². The molecular weight excluding hydrogens is 256 g/mol. The number of aliphatic carboxylic acids is 1. The SMILES string of the molecule is N#CCCN(C(=O)C1(C(=O)O)CCC1)c1ccccc1. The van der Waals surface area contributed by atoms with Gasteiger partial charge in [-0.1, -0.05) is 24.6 Å². The summed E-state index contributed by atoms with van der Waals surface area (Å²) in [6.45, 7) is 0.217. The predicted molar refractivity (Wildman–Crippen MR) is 72.9 cm³/mol. The van der Waals surface area contributed by atoms with Crippen molar-refractivity contribution >= 4 is 17.6 Å². The maximum atomic E-state index is 12.6. The highest BCUT2D eigenvalue weighted by molar-refractivity contribution is 6.10. The highest BCUT2D eigenvalue weighted by Gasteiger charge is 2.53. The van der Waals surface area contributed by atoms with E-state index in [9.17, 15) is 14.7 Å². The quantitative estimate of drug-likeness (QED) is 0.833. The van der Waals surface area contributed by atoms with Crippen LogP contribution in [0.2, 0.25) is 0 Å². The summed E-state index contributed by atoms with van der Waals surface area (Å²) in [6, 6.07) is 10.9. The number of carbonyl (C=O) groups is 2. The van der Waals surface area contributed by atoms with E-state index in [1.807, 2.05) is 12.1 Å². The van der Waals surface area contributed by atoms with Gasteiger partial charge in [0.2, 0.25) is 5.91 Å². The zero-order valence-corrected chi connectivity index (χ0v) is 11.1. The molecule has 20 heavy (non-hydrogen) atoms. The van der Waals surface area contributed by atoms with E-state index in [4.69, 9.17) is 5.26 Å². The van der Waals surface area contributed by atoms with Crippen molar-refractivity contribution in [3.63, 3.8) is 0 Å². The highest BCUT2D eigenvalue weighted by Crippen LogP contribution is 2.43. The van der Waals surface area contributed by atoms with Crippen LogP contribution in [0, 0.1) is 16.7 Å². The molecule has 0 atom stereocenters. The van der Waals surface area contributed by atoms with Crippen molar-refractivity contribution in [1.82, 2.24) is 0 Å². The minimum atomic E-state index is -1.30. The number of para-hydroxylation sites is 1. The molecule has 1 N–H and O–H groups in total. The van der Waals surface area contributed by atoms with Gasteiger partial charge in [-0.25, -0.2) is 0 Å². The van der Waals surface area contributed by atoms with E-state index in [1.54, 1.807) is 24.3 Å². The highest BCUT2D eigenvalue weighted by atomic mass is 16.4. The molecule has 1 aromatic carbocycles. The van der Waals surface area contributed by atoms with Gasteiger partial charge in [-0.3, -0.25) is 9.59 Å². The summed E-state index contributed by atoms with van der Waals surface area (Å²) in [4.78, 5) is 25.5. The van der Waals surface area contributed by atoms with E-state index in [1.165, 1.54) is 4.90 Å². The van der Waals surface area contributed by atoms with Crippen molar-refractivity contribution in [3.05, 3.63) is 30.3 Å². The molecule has 0 radical (unpaired) electrons. The lowest BCUT2D eigenvalue weighted by atomic mass is 9.67. The molecule has 1 saturated carbocycles. The van der Waals surface area contributed by atoms with Gasteiger partial charge in [0.05, 0.1) is 12.5 Å². The molecule has 0 saturated heterocycles. The molecular formula is C15H16N2O3. The smallest absolute Gasteiger partial charge is 0.319 e. The molecule has 5 heteroatoms. The van der Waals surface area contributed by atoms with Gasteiger partial charge >= 0.3 is 5.97 Å². The Morgan fingerprint density at radius 3 is 2.40 bits per heavy atom. The summed E-state index contributed by atoms with van der Waals surface area (Å²) >= 11 is 0. The average molecular weight is 272 g/mol. The van der Waals surface area contributed by atoms with Gasteiger partial charge in [-0.2, -0.15) is 5.26 Å². The lowest BCUT2D eigenvalue weighted by molar-refractivity contribution is -0.160. The summed E-state index contributed by atoms with van der Waals surface area (Å²) < 4.78 is 0. The number of rotatable bonds is 5. The van der Waals surface area contributed by atoms with Crippen molar-refractivity contribution in [1.29, 1.82) is 5.26 Å². The molecule has 0 spiro atoms. The van der Waals surface area contributed by atoms with Crippen LogP contribution in [0.25, 0.3) is 0 Å². The van der Waals surface area contributed by atoms with Crippen molar-refractivity contribution in [2.24, 2.45) is 5.41 Å². The van der Waals surface area contributed by atoms with Crippen LogP contribution >= 0.6 is 0 Å². The third-order valence-corrected chi connectivity index (χ3v) is 3.79. The fourth-order valence-corrected chi connectivity index (χ4v) is 2.43. The van der Waals surface area contributed by atoms with E-state index in [0.717, 1.165) is 6.42 Å². The number of hydrogen-bond donors (Lipinski definition) is 1. The van der Waals surface area contributed by atoms with Crippen LogP contribution in [-0.2, 0) is 9.59 Å². The topological polar surface area (TPSA) is 81.4 Å². The first-order valence-corrected chi connectivity index (χ1v) is 6.59. The maximum absolute atomic E-state index is 12.6. The lowest BCUT2D eigenvalue weighted by Gasteiger charge is -2.39. The molecule has 0 aromatic heterocycles. The Bertz CT molecular complexity index is 544. The van der Waals surface area contributed by atoms with E-state index in [-0.39, 0.29) is 13.0 Å². The molecule has 0 bridgehead atoms. The first-order chi connectivity index (χ1) is 9.62. The third-order valence-electron chi connectivity index (χ3n) is 3.79. The van der Waals surface area contributed by atoms with Crippen LogP contribution in [0.3, 0.4) is 0 Å². The number of carboxylic acid groups (broad SMARTS) is 1. The molecule has 1 fully saturated rings. The van der Waals surface area contributed by atoms with E-state index in [2.05, 4.69) is 0 Å². The number of hydrogen-bond acceptors (Lipinski definition) is 3. The molecule has 1 aliphatic rings. The second-order valence-corrected chi connectivity index (χ2v) is 4.94. The lowest BCUT2D eigenvalue weighted by Crippen LogP contribution is -2.53. The fourth-order valence-electron chi connectivity index (χ4n) is 2.43. The number of anilines is 1. The Morgan fingerprint density at radius 2 is 1.95 bits per heavy atom. The molecule has 2 rings (SSSR count). The van der Waals surface area contributed by atoms with E-state index < -0.39 is 17.3 Å². The molecule has 1 aromatic rings. The van der Waals surface area contributed by atoms with Gasteiger partial charge in [0, 0.05) is 12.2 Å². The normalized spacial score (nSPS) is 15.8. The molecule has 0 aliphatic heterocycles. The summed E-state index contributed by atoms with van der Waals surface area (Å²) in [5.41, 5.74) is -0.661. The third kappa shape index (κ3) is 2.37. The summed E-state index contributed by atoms with van der Waals surface area (Å²) in [6.07, 6.45) is 1.67. The van der Waals surface area contributed by atoms with E-state index in [0.29, 0.717) is 18.5 Å². The number of benzene rings is 1. The molecule has 104 valence electrons. The van der Waals surface area contributed by atoms with Crippen LogP contribution in [-0.4, -0.2) is 23.5 Å². The first kappa shape index (κ1) is 14.1. The summed E-state index contributed by atoms with van der Waals surface area (Å²) in [5, 5.41) is 18.1. The molecule has 5 nitrogen and oxygen atoms in total. The van der Waals surface area contributed by atoms with Crippen molar-refractivity contribution in [2.45, 2.75) is 25.7 Å². The Hall–Kier alpha value is -2.35. The first-order valence-electron chi connectivity index (χ1n) is 6.59. The van der Waals surface area contributed by atoms with Gasteiger partial charge in [-0.05, 0) is 25.0 Å². The monoisotopic (exact) mass is 272 g/mol. The summed E-state index contributed by atoms with van der Waals surface area (Å²) in [5.74, 6) is -1.47. The second kappa shape index (κ2) is 5.74. The average Bonchev–Trinajstić information content (AvgIpc) is 2.38. The Balaban J connectivity index is 2.30. The van der Waals surface area contributed by atoms with E-state index >= 15 is 0 Å². The predicted octanol–water partition coefficient (Wildman–Crippen LogP) is 2.19. The second-order valence-electron chi connectivity index (χ2n) is 4.94. The van der Waals surface area contributed by atoms with Gasteiger partial charge in [0.15, 0.2) is 0 Å². The fraction of sp³-hybridized carbons (Fsp3) is 0.400. The van der Waals surface area contributed by atoms with Crippen LogP contribution in [0.4, 0.5) is 5.69 Å². The van der Waals surface area contributed by atoms with Gasteiger partial charge < -0.3 is 10.0 Å². The Kier molecular flexibility index (Phi) is 4.04. The summed E-state index contributed by atoms with van der Waals surface area (Å²) in [7, 11) is 0. The zero-order chi connectivity index (χ0) is 14.6. The standard InChI is InChI=1S/C15H16N2O3/c16-10-5-11-17(12-6-2-1-3-7-12)13(18)15(14(19)20)8-4-9-15/h1-3,6-7H,4-5,8-9,11H2,(H,19,20). The zero-order valence-electron chi connectivity index (χ0n) is 11.1. The number of nitrogens with zero attached hydrogens (tertiary/aromatic N) is 2. The Morgan fingerprint density at radius 1 is 1.30 bits per heavy atom. The van der Waals surface area contributed by atoms with Crippen LogP contribution in [0.5, 0.6) is 0 Å². The van der Waals surface area contributed by atoms with Crippen LogP contribution in [0.1, 0.15) is 25.7 Å². The number of carboxylic acids is 1. The minimum absolute atomic E-state index is 0.177. The number of carbonyl (C=O) groups excluding carboxylic acids is 1. The van der Waals surface area contributed by atoms with Gasteiger partial charge in [0.1, 0.15) is 5.41 Å².